The summed E-state index contributed by atoms with van der Waals surface area (Å²) in [5, 5.41) is 10.9. The molecule has 0 spiro atoms. The van der Waals surface area contributed by atoms with Gasteiger partial charge < -0.3 is 10.1 Å². The summed E-state index contributed by atoms with van der Waals surface area (Å²) in [6.07, 6.45) is 1.53. The SMILES string of the molecule is Cc1ccc2c(C=Nc3ccc(F)c(Cl)c3)c(O)[nH]c2c1. The lowest BCUT2D eigenvalue weighted by atomic mass is 10.1. The summed E-state index contributed by atoms with van der Waals surface area (Å²) < 4.78 is 13.1. The summed E-state index contributed by atoms with van der Waals surface area (Å²) in [6.45, 7) is 1.98. The van der Waals surface area contributed by atoms with Crippen molar-refractivity contribution in [3.63, 3.8) is 0 Å². The quantitative estimate of drug-likeness (QED) is 0.661. The minimum Gasteiger partial charge on any atom is -0.494 e. The summed E-state index contributed by atoms with van der Waals surface area (Å²) in [7, 11) is 0. The van der Waals surface area contributed by atoms with Gasteiger partial charge >= 0.3 is 0 Å². The Hall–Kier alpha value is -2.33. The standard InChI is InChI=1S/C16H12ClFN2O/c1-9-2-4-11-12(16(21)20-15(11)6-9)8-19-10-3-5-14(18)13(17)7-10/h2-8,20-21H,1H3. The number of fused-ring (bicyclic) bond motifs is 1. The van der Waals surface area contributed by atoms with E-state index < -0.39 is 5.82 Å². The number of H-pyrrole nitrogens is 1. The highest BCUT2D eigenvalue weighted by molar-refractivity contribution is 6.31. The molecule has 106 valence electrons. The molecule has 1 heterocycles. The van der Waals surface area contributed by atoms with Gasteiger partial charge in [0.1, 0.15) is 5.82 Å². The van der Waals surface area contributed by atoms with E-state index in [9.17, 15) is 9.50 Å². The summed E-state index contributed by atoms with van der Waals surface area (Å²) in [5.74, 6) is -0.436. The van der Waals surface area contributed by atoms with Crippen LogP contribution in [0.2, 0.25) is 5.02 Å². The molecule has 0 atom stereocenters. The zero-order valence-electron chi connectivity index (χ0n) is 11.2. The molecule has 2 aromatic carbocycles. The monoisotopic (exact) mass is 302 g/mol. The summed E-state index contributed by atoms with van der Waals surface area (Å²) in [6, 6.07) is 10.0. The number of rotatable bonds is 2. The maximum atomic E-state index is 13.1. The summed E-state index contributed by atoms with van der Waals surface area (Å²) in [5.41, 5.74) is 3.04. The molecule has 0 aliphatic carbocycles. The van der Waals surface area contributed by atoms with Gasteiger partial charge in [0, 0.05) is 17.1 Å². The van der Waals surface area contributed by atoms with E-state index in [4.69, 9.17) is 11.6 Å². The third-order valence-electron chi connectivity index (χ3n) is 3.22. The first-order chi connectivity index (χ1) is 10.0. The van der Waals surface area contributed by atoms with Crippen LogP contribution >= 0.6 is 11.6 Å². The van der Waals surface area contributed by atoms with Crippen LogP contribution in [0.4, 0.5) is 10.1 Å². The van der Waals surface area contributed by atoms with Gasteiger partial charge in [-0.15, -0.1) is 0 Å². The molecule has 0 bridgehead atoms. The largest absolute Gasteiger partial charge is 0.494 e. The third kappa shape index (κ3) is 2.62. The van der Waals surface area contributed by atoms with Gasteiger partial charge in [-0.2, -0.15) is 0 Å². The maximum Gasteiger partial charge on any atom is 0.198 e. The highest BCUT2D eigenvalue weighted by Crippen LogP contribution is 2.27. The molecule has 1 aromatic heterocycles. The molecule has 5 heteroatoms. The predicted octanol–water partition coefficient (Wildman–Crippen LogP) is 4.73. The Morgan fingerprint density at radius 3 is 2.81 bits per heavy atom. The molecule has 0 aliphatic heterocycles. The lowest BCUT2D eigenvalue weighted by Crippen LogP contribution is -1.80. The van der Waals surface area contributed by atoms with E-state index in [0.29, 0.717) is 11.3 Å². The number of aliphatic imine (C=N–C) groups is 1. The third-order valence-corrected chi connectivity index (χ3v) is 3.51. The van der Waals surface area contributed by atoms with E-state index in [-0.39, 0.29) is 10.9 Å². The number of aryl methyl sites for hydroxylation is 1. The smallest absolute Gasteiger partial charge is 0.198 e. The molecule has 21 heavy (non-hydrogen) atoms. The number of hydrogen-bond acceptors (Lipinski definition) is 2. The van der Waals surface area contributed by atoms with Crippen LogP contribution in [-0.2, 0) is 0 Å². The van der Waals surface area contributed by atoms with Crippen LogP contribution in [0.1, 0.15) is 11.1 Å². The van der Waals surface area contributed by atoms with Crippen molar-refractivity contribution in [2.24, 2.45) is 4.99 Å². The van der Waals surface area contributed by atoms with Crippen LogP contribution in [0.15, 0.2) is 41.4 Å². The highest BCUT2D eigenvalue weighted by Gasteiger charge is 2.08. The second-order valence-corrected chi connectivity index (χ2v) is 5.20. The number of aromatic hydroxyl groups is 1. The van der Waals surface area contributed by atoms with Crippen molar-refractivity contribution < 1.29 is 9.50 Å². The van der Waals surface area contributed by atoms with Crippen LogP contribution in [0, 0.1) is 12.7 Å². The molecule has 3 nitrogen and oxygen atoms in total. The number of benzene rings is 2. The van der Waals surface area contributed by atoms with Crippen molar-refractivity contribution in [1.82, 2.24) is 4.98 Å². The number of hydrogen-bond donors (Lipinski definition) is 2. The van der Waals surface area contributed by atoms with E-state index >= 15 is 0 Å². The van der Waals surface area contributed by atoms with Gasteiger partial charge in [-0.1, -0.05) is 23.7 Å². The first-order valence-corrected chi connectivity index (χ1v) is 6.73. The molecule has 0 aliphatic rings. The van der Waals surface area contributed by atoms with Crippen molar-refractivity contribution >= 4 is 34.4 Å². The van der Waals surface area contributed by atoms with Crippen molar-refractivity contribution in [3.05, 3.63) is 58.4 Å². The Bertz CT molecular complexity index is 855. The van der Waals surface area contributed by atoms with E-state index in [0.717, 1.165) is 16.5 Å². The highest BCUT2D eigenvalue weighted by atomic mass is 35.5. The molecule has 0 amide bonds. The lowest BCUT2D eigenvalue weighted by Gasteiger charge is -1.97. The van der Waals surface area contributed by atoms with E-state index in [1.807, 2.05) is 25.1 Å². The molecule has 0 fully saturated rings. The van der Waals surface area contributed by atoms with E-state index in [1.54, 1.807) is 0 Å². The first-order valence-electron chi connectivity index (χ1n) is 6.35. The fraction of sp³-hybridized carbons (Fsp3) is 0.0625. The number of nitrogens with one attached hydrogen (secondary N) is 1. The number of nitrogens with zero attached hydrogens (tertiary/aromatic N) is 1. The normalized spacial score (nSPS) is 11.6. The molecule has 0 radical (unpaired) electrons. The molecule has 2 N–H and O–H groups in total. The van der Waals surface area contributed by atoms with Gasteiger partial charge in [0.25, 0.3) is 0 Å². The Balaban J connectivity index is 2.02. The Morgan fingerprint density at radius 1 is 1.24 bits per heavy atom. The first kappa shape index (κ1) is 13.6. The van der Waals surface area contributed by atoms with Gasteiger partial charge in [0.2, 0.25) is 0 Å². The van der Waals surface area contributed by atoms with Gasteiger partial charge in [-0.25, -0.2) is 4.39 Å². The van der Waals surface area contributed by atoms with Crippen LogP contribution in [0.25, 0.3) is 10.9 Å². The van der Waals surface area contributed by atoms with Gasteiger partial charge in [0.05, 0.1) is 16.3 Å². The average Bonchev–Trinajstić information content (AvgIpc) is 2.75. The van der Waals surface area contributed by atoms with Crippen LogP contribution < -0.4 is 0 Å². The molecule has 0 unspecified atom stereocenters. The number of aromatic nitrogens is 1. The zero-order chi connectivity index (χ0) is 15.0. The summed E-state index contributed by atoms with van der Waals surface area (Å²) in [4.78, 5) is 7.13. The maximum absolute atomic E-state index is 13.1. The Kier molecular flexibility index (Phi) is 3.39. The summed E-state index contributed by atoms with van der Waals surface area (Å²) >= 11 is 5.71. The van der Waals surface area contributed by atoms with Crippen LogP contribution in [-0.4, -0.2) is 16.3 Å². The minimum atomic E-state index is -0.485. The van der Waals surface area contributed by atoms with Crippen molar-refractivity contribution in [1.29, 1.82) is 0 Å². The molecule has 0 saturated heterocycles. The fourth-order valence-electron chi connectivity index (χ4n) is 2.15. The lowest BCUT2D eigenvalue weighted by molar-refractivity contribution is 0.457. The zero-order valence-corrected chi connectivity index (χ0v) is 11.9. The van der Waals surface area contributed by atoms with Gasteiger partial charge in [0.15, 0.2) is 5.88 Å². The van der Waals surface area contributed by atoms with Crippen molar-refractivity contribution in [3.8, 4) is 5.88 Å². The van der Waals surface area contributed by atoms with Crippen LogP contribution in [0.3, 0.4) is 0 Å². The average molecular weight is 303 g/mol. The molecule has 0 saturated carbocycles. The predicted molar refractivity (Wildman–Crippen MR) is 83.4 cm³/mol. The number of halogens is 2. The Morgan fingerprint density at radius 2 is 2.05 bits per heavy atom. The van der Waals surface area contributed by atoms with Gasteiger partial charge in [-0.05, 0) is 36.8 Å². The van der Waals surface area contributed by atoms with Crippen LogP contribution in [0.5, 0.6) is 5.88 Å². The van der Waals surface area contributed by atoms with Crippen molar-refractivity contribution in [2.75, 3.05) is 0 Å². The van der Waals surface area contributed by atoms with Crippen molar-refractivity contribution in [2.45, 2.75) is 6.92 Å². The van der Waals surface area contributed by atoms with E-state index in [1.165, 1.54) is 24.4 Å². The number of aromatic amines is 1. The molecular weight excluding hydrogens is 291 g/mol. The second-order valence-electron chi connectivity index (χ2n) is 4.79. The molecule has 3 aromatic rings. The fourth-order valence-corrected chi connectivity index (χ4v) is 2.33. The van der Waals surface area contributed by atoms with E-state index in [2.05, 4.69) is 9.98 Å². The molecular formula is C16H12ClFN2O. The van der Waals surface area contributed by atoms with Gasteiger partial charge in [-0.3, -0.25) is 4.99 Å². The minimum absolute atomic E-state index is 0.0171. The topological polar surface area (TPSA) is 48.4 Å². The Labute approximate surface area is 125 Å². The molecule has 3 rings (SSSR count). The second kappa shape index (κ2) is 5.22.